The predicted octanol–water partition coefficient (Wildman–Crippen LogP) is 4.35. The number of hydrogen-bond acceptors (Lipinski definition) is 4. The normalized spacial score (nSPS) is 12.1. The number of benzene rings is 3. The average molecular weight is 439 g/mol. The van der Waals surface area contributed by atoms with Crippen molar-refractivity contribution in [2.45, 2.75) is 17.9 Å². The highest BCUT2D eigenvalue weighted by Gasteiger charge is 2.24. The molecule has 1 atom stereocenters. The predicted molar refractivity (Wildman–Crippen MR) is 122 cm³/mol. The van der Waals surface area contributed by atoms with E-state index in [0.717, 1.165) is 5.56 Å². The molecule has 7 heteroatoms. The van der Waals surface area contributed by atoms with Crippen LogP contribution in [0, 0.1) is 0 Å². The minimum absolute atomic E-state index is 0.0532. The van der Waals surface area contributed by atoms with Crippen molar-refractivity contribution in [1.29, 1.82) is 0 Å². The third-order valence-corrected chi connectivity index (χ3v) is 7.14. The zero-order valence-corrected chi connectivity index (χ0v) is 18.8. The summed E-state index contributed by atoms with van der Waals surface area (Å²) in [6, 6.07) is 22.4. The lowest BCUT2D eigenvalue weighted by Crippen LogP contribution is -2.30. The Morgan fingerprint density at radius 1 is 0.903 bits per heavy atom. The van der Waals surface area contributed by atoms with Crippen LogP contribution in [0.4, 0.5) is 5.69 Å². The summed E-state index contributed by atoms with van der Waals surface area (Å²) in [4.78, 5) is 14.7. The second kappa shape index (κ2) is 9.22. The molecule has 0 aromatic heterocycles. The van der Waals surface area contributed by atoms with Gasteiger partial charge in [-0.1, -0.05) is 36.4 Å². The SMILES string of the molecule is COc1ccc(N(C)S(=O)(=O)c2cccc(C(=O)N(C)C(C)c3ccccc3)c2)cc1. The fraction of sp³-hybridized carbons (Fsp3) is 0.208. The number of hydrogen-bond donors (Lipinski definition) is 0. The molecule has 0 spiro atoms. The first-order valence-electron chi connectivity index (χ1n) is 9.81. The van der Waals surface area contributed by atoms with Gasteiger partial charge < -0.3 is 9.64 Å². The second-order valence-electron chi connectivity index (χ2n) is 7.20. The van der Waals surface area contributed by atoms with Crippen LogP contribution in [0.15, 0.2) is 83.8 Å². The van der Waals surface area contributed by atoms with E-state index in [1.54, 1.807) is 55.5 Å². The van der Waals surface area contributed by atoms with Gasteiger partial charge in [0.05, 0.1) is 23.7 Å². The van der Waals surface area contributed by atoms with Gasteiger partial charge in [0, 0.05) is 19.7 Å². The smallest absolute Gasteiger partial charge is 0.264 e. The first kappa shape index (κ1) is 22.4. The van der Waals surface area contributed by atoms with Crippen molar-refractivity contribution in [2.24, 2.45) is 0 Å². The second-order valence-corrected chi connectivity index (χ2v) is 9.17. The quantitative estimate of drug-likeness (QED) is 0.550. The molecule has 0 saturated carbocycles. The Balaban J connectivity index is 1.86. The molecular formula is C24H26N2O4S. The highest BCUT2D eigenvalue weighted by atomic mass is 32.2. The summed E-state index contributed by atoms with van der Waals surface area (Å²) in [7, 11) is 0.900. The van der Waals surface area contributed by atoms with Crippen molar-refractivity contribution in [1.82, 2.24) is 4.90 Å². The fourth-order valence-corrected chi connectivity index (χ4v) is 4.46. The summed E-state index contributed by atoms with van der Waals surface area (Å²) in [5, 5.41) is 0. The summed E-state index contributed by atoms with van der Waals surface area (Å²) in [5.41, 5.74) is 1.81. The van der Waals surface area contributed by atoms with Gasteiger partial charge in [-0.15, -0.1) is 0 Å². The van der Waals surface area contributed by atoms with E-state index in [0.29, 0.717) is 17.0 Å². The van der Waals surface area contributed by atoms with Crippen LogP contribution in [0.25, 0.3) is 0 Å². The molecule has 0 N–H and O–H groups in total. The Morgan fingerprint density at radius 2 is 1.55 bits per heavy atom. The summed E-state index contributed by atoms with van der Waals surface area (Å²) in [6.07, 6.45) is 0. The van der Waals surface area contributed by atoms with Crippen LogP contribution in [-0.2, 0) is 10.0 Å². The highest BCUT2D eigenvalue weighted by molar-refractivity contribution is 7.92. The molecule has 0 radical (unpaired) electrons. The van der Waals surface area contributed by atoms with E-state index in [2.05, 4.69) is 0 Å². The molecule has 31 heavy (non-hydrogen) atoms. The monoisotopic (exact) mass is 438 g/mol. The minimum atomic E-state index is -3.84. The number of anilines is 1. The van der Waals surface area contributed by atoms with E-state index >= 15 is 0 Å². The van der Waals surface area contributed by atoms with Gasteiger partial charge in [0.25, 0.3) is 15.9 Å². The van der Waals surface area contributed by atoms with Crippen LogP contribution in [-0.4, -0.2) is 40.4 Å². The molecule has 3 rings (SSSR count). The molecule has 1 unspecified atom stereocenters. The van der Waals surface area contributed by atoms with Crippen LogP contribution < -0.4 is 9.04 Å². The van der Waals surface area contributed by atoms with Crippen molar-refractivity contribution >= 4 is 21.6 Å². The fourth-order valence-electron chi connectivity index (χ4n) is 3.21. The summed E-state index contributed by atoms with van der Waals surface area (Å²) < 4.78 is 32.6. The summed E-state index contributed by atoms with van der Waals surface area (Å²) in [6.45, 7) is 1.94. The Labute approximate surface area is 183 Å². The number of ether oxygens (including phenoxy) is 1. The molecule has 0 heterocycles. The van der Waals surface area contributed by atoms with Crippen molar-refractivity contribution in [3.8, 4) is 5.75 Å². The van der Waals surface area contributed by atoms with Crippen molar-refractivity contribution in [2.75, 3.05) is 25.5 Å². The maximum atomic E-state index is 13.2. The van der Waals surface area contributed by atoms with E-state index in [9.17, 15) is 13.2 Å². The molecule has 1 amide bonds. The van der Waals surface area contributed by atoms with Gasteiger partial charge in [-0.25, -0.2) is 8.42 Å². The average Bonchev–Trinajstić information content (AvgIpc) is 2.82. The van der Waals surface area contributed by atoms with Crippen LogP contribution in [0.1, 0.15) is 28.9 Å². The molecule has 0 aliphatic rings. The molecule has 0 saturated heterocycles. The van der Waals surface area contributed by atoms with E-state index in [1.165, 1.54) is 23.5 Å². The van der Waals surface area contributed by atoms with Gasteiger partial charge in [-0.3, -0.25) is 9.10 Å². The van der Waals surface area contributed by atoms with Crippen molar-refractivity contribution in [3.63, 3.8) is 0 Å². The summed E-state index contributed by atoms with van der Waals surface area (Å²) in [5.74, 6) is 0.387. The zero-order chi connectivity index (χ0) is 22.6. The molecule has 0 bridgehead atoms. The minimum Gasteiger partial charge on any atom is -0.497 e. The van der Waals surface area contributed by atoms with Gasteiger partial charge in [0.2, 0.25) is 0 Å². The maximum Gasteiger partial charge on any atom is 0.264 e. The Hall–Kier alpha value is -3.32. The van der Waals surface area contributed by atoms with Gasteiger partial charge in [0.15, 0.2) is 0 Å². The van der Waals surface area contributed by atoms with Crippen molar-refractivity contribution in [3.05, 3.63) is 90.0 Å². The van der Waals surface area contributed by atoms with Gasteiger partial charge in [-0.05, 0) is 55.0 Å². The zero-order valence-electron chi connectivity index (χ0n) is 18.0. The van der Waals surface area contributed by atoms with E-state index in [1.807, 2.05) is 37.3 Å². The van der Waals surface area contributed by atoms with Gasteiger partial charge >= 0.3 is 0 Å². The largest absolute Gasteiger partial charge is 0.497 e. The first-order chi connectivity index (χ1) is 14.8. The number of nitrogens with zero attached hydrogens (tertiary/aromatic N) is 2. The van der Waals surface area contributed by atoms with E-state index in [4.69, 9.17) is 4.74 Å². The van der Waals surface area contributed by atoms with Crippen LogP contribution in [0.2, 0.25) is 0 Å². The third kappa shape index (κ3) is 4.72. The number of rotatable bonds is 7. The lowest BCUT2D eigenvalue weighted by molar-refractivity contribution is 0.0742. The third-order valence-electron chi connectivity index (χ3n) is 5.36. The number of sulfonamides is 1. The Morgan fingerprint density at radius 3 is 2.16 bits per heavy atom. The topological polar surface area (TPSA) is 66.9 Å². The van der Waals surface area contributed by atoms with Crippen LogP contribution in [0.5, 0.6) is 5.75 Å². The lowest BCUT2D eigenvalue weighted by Gasteiger charge is -2.26. The molecule has 0 aliphatic heterocycles. The first-order valence-corrected chi connectivity index (χ1v) is 11.2. The lowest BCUT2D eigenvalue weighted by atomic mass is 10.1. The highest BCUT2D eigenvalue weighted by Crippen LogP contribution is 2.26. The van der Waals surface area contributed by atoms with E-state index in [-0.39, 0.29) is 16.8 Å². The molecule has 6 nitrogen and oxygen atoms in total. The number of amides is 1. The standard InChI is InChI=1S/C24H26N2O4S/c1-18(19-9-6-5-7-10-19)25(2)24(27)20-11-8-12-23(17-20)31(28,29)26(3)21-13-15-22(30-4)16-14-21/h5-18H,1-4H3. The number of methoxy groups -OCH3 is 1. The number of carbonyl (C=O) groups is 1. The number of carbonyl (C=O) groups excluding carboxylic acids is 1. The van der Waals surface area contributed by atoms with E-state index < -0.39 is 10.0 Å². The maximum absolute atomic E-state index is 13.2. The molecule has 0 fully saturated rings. The van der Waals surface area contributed by atoms with Gasteiger partial charge in [-0.2, -0.15) is 0 Å². The molecule has 162 valence electrons. The van der Waals surface area contributed by atoms with Crippen LogP contribution >= 0.6 is 0 Å². The summed E-state index contributed by atoms with van der Waals surface area (Å²) >= 11 is 0. The molecular weight excluding hydrogens is 412 g/mol. The Bertz CT molecular complexity index is 1150. The van der Waals surface area contributed by atoms with Crippen molar-refractivity contribution < 1.29 is 17.9 Å². The molecule has 3 aromatic carbocycles. The van der Waals surface area contributed by atoms with Gasteiger partial charge in [0.1, 0.15) is 5.75 Å². The van der Waals surface area contributed by atoms with Crippen LogP contribution in [0.3, 0.4) is 0 Å². The molecule has 3 aromatic rings. The molecule has 0 aliphatic carbocycles. The Kier molecular flexibility index (Phi) is 6.65.